The SMILES string of the molecule is O=C(NC[C@H]1CCCO1)C(=O)N/N=C\c1cc(Br)ccc1OCc1ccc(Cl)cc1Cl. The van der Waals surface area contributed by atoms with Crippen molar-refractivity contribution in [2.45, 2.75) is 25.6 Å². The molecule has 10 heteroatoms. The highest BCUT2D eigenvalue weighted by Gasteiger charge is 2.19. The van der Waals surface area contributed by atoms with Crippen LogP contribution in [0.4, 0.5) is 0 Å². The van der Waals surface area contributed by atoms with E-state index < -0.39 is 11.8 Å². The number of benzene rings is 2. The predicted octanol–water partition coefficient (Wildman–Crippen LogP) is 4.08. The Balaban J connectivity index is 1.57. The minimum atomic E-state index is -0.861. The fourth-order valence-electron chi connectivity index (χ4n) is 2.85. The first-order valence-electron chi connectivity index (χ1n) is 9.51. The first-order chi connectivity index (χ1) is 14.9. The van der Waals surface area contributed by atoms with E-state index in [0.717, 1.165) is 22.9 Å². The lowest BCUT2D eigenvalue weighted by Crippen LogP contribution is -2.41. The maximum Gasteiger partial charge on any atom is 0.329 e. The van der Waals surface area contributed by atoms with Gasteiger partial charge in [0.25, 0.3) is 0 Å². The third kappa shape index (κ3) is 7.21. The summed E-state index contributed by atoms with van der Waals surface area (Å²) in [7, 11) is 0. The molecule has 0 aromatic heterocycles. The molecule has 2 aromatic carbocycles. The normalized spacial score (nSPS) is 15.8. The number of carbonyl (C=O) groups is 2. The molecule has 2 amide bonds. The average Bonchev–Trinajstić information content (AvgIpc) is 3.26. The van der Waals surface area contributed by atoms with Crippen molar-refractivity contribution in [3.63, 3.8) is 0 Å². The largest absolute Gasteiger partial charge is 0.488 e. The number of amides is 2. The van der Waals surface area contributed by atoms with Crippen LogP contribution in [0.15, 0.2) is 46.0 Å². The van der Waals surface area contributed by atoms with Gasteiger partial charge < -0.3 is 14.8 Å². The molecule has 0 unspecified atom stereocenters. The fourth-order valence-corrected chi connectivity index (χ4v) is 3.69. The highest BCUT2D eigenvalue weighted by molar-refractivity contribution is 9.10. The Labute approximate surface area is 198 Å². The second-order valence-electron chi connectivity index (χ2n) is 6.75. The number of rotatable bonds is 7. The van der Waals surface area contributed by atoms with E-state index in [-0.39, 0.29) is 12.7 Å². The van der Waals surface area contributed by atoms with Crippen LogP contribution >= 0.6 is 39.1 Å². The van der Waals surface area contributed by atoms with E-state index in [9.17, 15) is 9.59 Å². The number of nitrogens with one attached hydrogen (secondary N) is 2. The Kier molecular flexibility index (Phi) is 8.71. The van der Waals surface area contributed by atoms with E-state index in [1.165, 1.54) is 6.21 Å². The molecule has 31 heavy (non-hydrogen) atoms. The average molecular weight is 529 g/mol. The molecular formula is C21H20BrCl2N3O4. The van der Waals surface area contributed by atoms with Gasteiger partial charge in [-0.3, -0.25) is 9.59 Å². The molecule has 2 aromatic rings. The molecule has 1 atom stereocenters. The van der Waals surface area contributed by atoms with Gasteiger partial charge in [-0.15, -0.1) is 0 Å². The van der Waals surface area contributed by atoms with Gasteiger partial charge in [0.2, 0.25) is 0 Å². The van der Waals surface area contributed by atoms with E-state index in [1.807, 2.05) is 6.07 Å². The van der Waals surface area contributed by atoms with Crippen LogP contribution in [0.5, 0.6) is 5.75 Å². The van der Waals surface area contributed by atoms with Crippen molar-refractivity contribution < 1.29 is 19.1 Å². The molecule has 1 aliphatic heterocycles. The van der Waals surface area contributed by atoms with Gasteiger partial charge in [0, 0.05) is 38.8 Å². The zero-order chi connectivity index (χ0) is 22.2. The summed E-state index contributed by atoms with van der Waals surface area (Å²) >= 11 is 15.5. The van der Waals surface area contributed by atoms with E-state index in [4.69, 9.17) is 32.7 Å². The van der Waals surface area contributed by atoms with E-state index in [2.05, 4.69) is 31.8 Å². The third-order valence-corrected chi connectivity index (χ3v) is 5.54. The van der Waals surface area contributed by atoms with E-state index >= 15 is 0 Å². The highest BCUT2D eigenvalue weighted by Crippen LogP contribution is 2.25. The predicted molar refractivity (Wildman–Crippen MR) is 123 cm³/mol. The van der Waals surface area contributed by atoms with Gasteiger partial charge in [0.15, 0.2) is 0 Å². The van der Waals surface area contributed by atoms with Crippen molar-refractivity contribution in [2.75, 3.05) is 13.2 Å². The first-order valence-corrected chi connectivity index (χ1v) is 11.1. The summed E-state index contributed by atoms with van der Waals surface area (Å²) in [6.07, 6.45) is 3.18. The molecule has 164 valence electrons. The summed E-state index contributed by atoms with van der Waals surface area (Å²) in [5.74, 6) is -1.11. The summed E-state index contributed by atoms with van der Waals surface area (Å²) in [6.45, 7) is 1.20. The molecule has 0 bridgehead atoms. The summed E-state index contributed by atoms with van der Waals surface area (Å²) < 4.78 is 12.1. The number of halogens is 3. The molecule has 1 fully saturated rings. The molecule has 7 nitrogen and oxygen atoms in total. The minimum absolute atomic E-state index is 0.0456. The number of nitrogens with zero attached hydrogens (tertiary/aromatic N) is 1. The number of hydrogen-bond acceptors (Lipinski definition) is 5. The summed E-state index contributed by atoms with van der Waals surface area (Å²) in [5.41, 5.74) is 3.58. The van der Waals surface area contributed by atoms with Gasteiger partial charge in [-0.25, -0.2) is 5.43 Å². The van der Waals surface area contributed by atoms with Crippen LogP contribution in [0.25, 0.3) is 0 Å². The molecule has 1 heterocycles. The second kappa shape index (κ2) is 11.5. The zero-order valence-electron chi connectivity index (χ0n) is 16.4. The van der Waals surface area contributed by atoms with Crippen molar-refractivity contribution >= 4 is 57.2 Å². The van der Waals surface area contributed by atoms with Gasteiger partial charge in [0.05, 0.1) is 12.3 Å². The maximum atomic E-state index is 11.9. The lowest BCUT2D eigenvalue weighted by atomic mass is 10.2. The van der Waals surface area contributed by atoms with Gasteiger partial charge in [0.1, 0.15) is 12.4 Å². The Morgan fingerprint density at radius 1 is 1.23 bits per heavy atom. The van der Waals surface area contributed by atoms with Crippen LogP contribution < -0.4 is 15.5 Å². The standard InChI is InChI=1S/C21H20BrCl2N3O4/c22-15-4-6-19(31-12-13-3-5-16(23)9-18(13)24)14(8-15)10-26-27-21(29)20(28)25-11-17-2-1-7-30-17/h3-6,8-10,17H,1-2,7,11-12H2,(H,25,28)(H,27,29)/b26-10-/t17-/m1/s1. The first kappa shape index (κ1) is 23.5. The van der Waals surface area contributed by atoms with Crippen LogP contribution in [0, 0.1) is 0 Å². The molecule has 3 rings (SSSR count). The molecule has 0 spiro atoms. The van der Waals surface area contributed by atoms with Crippen LogP contribution in [-0.2, 0) is 20.9 Å². The van der Waals surface area contributed by atoms with Gasteiger partial charge >= 0.3 is 11.8 Å². The molecule has 2 N–H and O–H groups in total. The minimum Gasteiger partial charge on any atom is -0.488 e. The number of hydrazone groups is 1. The summed E-state index contributed by atoms with van der Waals surface area (Å²) in [6, 6.07) is 10.5. The van der Waals surface area contributed by atoms with Crippen molar-refractivity contribution in [1.82, 2.24) is 10.7 Å². The molecular weight excluding hydrogens is 509 g/mol. The smallest absolute Gasteiger partial charge is 0.329 e. The van der Waals surface area contributed by atoms with Crippen molar-refractivity contribution in [1.29, 1.82) is 0 Å². The quantitative estimate of drug-likeness (QED) is 0.322. The highest BCUT2D eigenvalue weighted by atomic mass is 79.9. The van der Waals surface area contributed by atoms with Crippen LogP contribution in [0.1, 0.15) is 24.0 Å². The molecule has 1 aliphatic rings. The number of ether oxygens (including phenoxy) is 2. The zero-order valence-corrected chi connectivity index (χ0v) is 19.5. The molecule has 0 radical (unpaired) electrons. The summed E-state index contributed by atoms with van der Waals surface area (Å²) in [5, 5.41) is 7.45. The topological polar surface area (TPSA) is 89.0 Å². The Morgan fingerprint density at radius 2 is 2.06 bits per heavy atom. The Hall–Kier alpha value is -2.13. The molecule has 0 saturated carbocycles. The fraction of sp³-hybridized carbons (Fsp3) is 0.286. The van der Waals surface area contributed by atoms with Crippen LogP contribution in [0.2, 0.25) is 10.0 Å². The number of carbonyl (C=O) groups excluding carboxylic acids is 2. The molecule has 1 saturated heterocycles. The monoisotopic (exact) mass is 527 g/mol. The van der Waals surface area contributed by atoms with Crippen molar-refractivity contribution in [3.8, 4) is 5.75 Å². The number of hydrogen-bond donors (Lipinski definition) is 2. The maximum absolute atomic E-state index is 11.9. The third-order valence-electron chi connectivity index (χ3n) is 4.46. The van der Waals surface area contributed by atoms with Crippen molar-refractivity contribution in [2.24, 2.45) is 5.10 Å². The Bertz CT molecular complexity index is 981. The lowest BCUT2D eigenvalue weighted by molar-refractivity contribution is -0.139. The van der Waals surface area contributed by atoms with Gasteiger partial charge in [-0.2, -0.15) is 5.10 Å². The van der Waals surface area contributed by atoms with E-state index in [0.29, 0.717) is 34.5 Å². The van der Waals surface area contributed by atoms with E-state index in [1.54, 1.807) is 30.3 Å². The van der Waals surface area contributed by atoms with Crippen LogP contribution in [-0.4, -0.2) is 37.3 Å². The van der Waals surface area contributed by atoms with Crippen molar-refractivity contribution in [3.05, 3.63) is 62.0 Å². The van der Waals surface area contributed by atoms with Gasteiger partial charge in [-0.05, 0) is 43.2 Å². The summed E-state index contributed by atoms with van der Waals surface area (Å²) in [4.78, 5) is 23.8. The van der Waals surface area contributed by atoms with Gasteiger partial charge in [-0.1, -0.05) is 45.2 Å². The Morgan fingerprint density at radius 3 is 2.81 bits per heavy atom. The molecule has 0 aliphatic carbocycles. The van der Waals surface area contributed by atoms with Crippen LogP contribution in [0.3, 0.4) is 0 Å². The second-order valence-corrected chi connectivity index (χ2v) is 8.51. The lowest BCUT2D eigenvalue weighted by Gasteiger charge is -2.11.